The largest absolute Gasteiger partial charge is 0.353 e. The molecule has 0 spiro atoms. The molecule has 3 unspecified atom stereocenters. The van der Waals surface area contributed by atoms with Crippen molar-refractivity contribution in [3.8, 4) is 0 Å². The molecule has 0 aliphatic carbocycles. The summed E-state index contributed by atoms with van der Waals surface area (Å²) in [6.45, 7) is 5.75. The molecular formula is C21H32ClN3O2. The quantitative estimate of drug-likeness (QED) is 0.780. The van der Waals surface area contributed by atoms with Gasteiger partial charge in [0.2, 0.25) is 11.8 Å². The van der Waals surface area contributed by atoms with Gasteiger partial charge < -0.3 is 15.5 Å². The van der Waals surface area contributed by atoms with E-state index in [1.165, 1.54) is 18.4 Å². The van der Waals surface area contributed by atoms with E-state index in [2.05, 4.69) is 36.6 Å². The molecule has 1 aromatic carbocycles. The number of aryl methyl sites for hydroxylation is 1. The Labute approximate surface area is 168 Å². The van der Waals surface area contributed by atoms with Gasteiger partial charge in [0.25, 0.3) is 0 Å². The Kier molecular flexibility index (Phi) is 8.11. The van der Waals surface area contributed by atoms with Gasteiger partial charge in [-0.05, 0) is 56.8 Å². The standard InChI is InChI=1S/C21H31N3O2.ClH/c1-3-4-5-16-6-8-19(9-7-16)24-14-17(13-20(24)25)21(26)23-18-10-11-22-15(2)12-18;/h6-9,15,17-18,22H,3-5,10-14H2,1-2H3,(H,23,26);1H. The fourth-order valence-corrected chi connectivity index (χ4v) is 3.94. The summed E-state index contributed by atoms with van der Waals surface area (Å²) in [7, 11) is 0. The molecule has 150 valence electrons. The second-order valence-electron chi connectivity index (χ2n) is 7.76. The lowest BCUT2D eigenvalue weighted by Crippen LogP contribution is -2.48. The maximum absolute atomic E-state index is 12.6. The highest BCUT2D eigenvalue weighted by Gasteiger charge is 2.36. The molecule has 3 atom stereocenters. The predicted molar refractivity (Wildman–Crippen MR) is 111 cm³/mol. The minimum absolute atomic E-state index is 0. The first-order valence-corrected chi connectivity index (χ1v) is 10.00. The molecule has 2 N–H and O–H groups in total. The van der Waals surface area contributed by atoms with Crippen LogP contribution in [0.3, 0.4) is 0 Å². The second-order valence-corrected chi connectivity index (χ2v) is 7.76. The number of nitrogens with one attached hydrogen (secondary N) is 2. The molecule has 6 heteroatoms. The number of piperidine rings is 1. The first-order valence-electron chi connectivity index (χ1n) is 10.00. The van der Waals surface area contributed by atoms with Crippen LogP contribution < -0.4 is 15.5 Å². The summed E-state index contributed by atoms with van der Waals surface area (Å²) in [6, 6.07) is 8.88. The van der Waals surface area contributed by atoms with Gasteiger partial charge in [0.05, 0.1) is 5.92 Å². The number of carbonyl (C=O) groups is 2. The van der Waals surface area contributed by atoms with Crippen molar-refractivity contribution in [3.63, 3.8) is 0 Å². The first-order chi connectivity index (χ1) is 12.6. The van der Waals surface area contributed by atoms with Crippen molar-refractivity contribution in [2.75, 3.05) is 18.0 Å². The van der Waals surface area contributed by atoms with Crippen LogP contribution in [0.1, 0.15) is 51.5 Å². The van der Waals surface area contributed by atoms with Crippen LogP contribution in [0.25, 0.3) is 0 Å². The van der Waals surface area contributed by atoms with Crippen molar-refractivity contribution >= 4 is 29.9 Å². The number of anilines is 1. The van der Waals surface area contributed by atoms with Gasteiger partial charge >= 0.3 is 0 Å². The summed E-state index contributed by atoms with van der Waals surface area (Å²) in [5.74, 6) is -0.169. The zero-order valence-corrected chi connectivity index (χ0v) is 17.2. The van der Waals surface area contributed by atoms with E-state index < -0.39 is 0 Å². The number of rotatable bonds is 6. The summed E-state index contributed by atoms with van der Waals surface area (Å²) < 4.78 is 0. The molecule has 0 bridgehead atoms. The average molecular weight is 394 g/mol. The third-order valence-corrected chi connectivity index (χ3v) is 5.53. The Morgan fingerprint density at radius 3 is 2.70 bits per heavy atom. The monoisotopic (exact) mass is 393 g/mol. The van der Waals surface area contributed by atoms with Crippen LogP contribution in [0, 0.1) is 5.92 Å². The normalized spacial score (nSPS) is 25.2. The highest BCUT2D eigenvalue weighted by Crippen LogP contribution is 2.26. The van der Waals surface area contributed by atoms with Crippen LogP contribution >= 0.6 is 12.4 Å². The Morgan fingerprint density at radius 2 is 2.04 bits per heavy atom. The zero-order valence-electron chi connectivity index (χ0n) is 16.4. The van der Waals surface area contributed by atoms with Crippen molar-refractivity contribution in [3.05, 3.63) is 29.8 Å². The van der Waals surface area contributed by atoms with E-state index >= 15 is 0 Å². The highest BCUT2D eigenvalue weighted by molar-refractivity contribution is 6.00. The number of hydrogen-bond acceptors (Lipinski definition) is 3. The number of nitrogens with zero attached hydrogens (tertiary/aromatic N) is 1. The molecule has 2 heterocycles. The second kappa shape index (κ2) is 10.1. The minimum Gasteiger partial charge on any atom is -0.353 e. The Morgan fingerprint density at radius 1 is 1.30 bits per heavy atom. The van der Waals surface area contributed by atoms with Gasteiger partial charge in [-0.15, -0.1) is 12.4 Å². The maximum Gasteiger partial charge on any atom is 0.227 e. The van der Waals surface area contributed by atoms with Crippen LogP contribution in [0.2, 0.25) is 0 Å². The van der Waals surface area contributed by atoms with Crippen molar-refractivity contribution in [1.82, 2.24) is 10.6 Å². The molecule has 2 fully saturated rings. The van der Waals surface area contributed by atoms with Crippen LogP contribution in [0.4, 0.5) is 5.69 Å². The van der Waals surface area contributed by atoms with E-state index in [1.807, 2.05) is 12.1 Å². The van der Waals surface area contributed by atoms with E-state index in [9.17, 15) is 9.59 Å². The van der Waals surface area contributed by atoms with E-state index in [1.54, 1.807) is 4.90 Å². The van der Waals surface area contributed by atoms with Crippen molar-refractivity contribution in [2.45, 2.75) is 64.5 Å². The van der Waals surface area contributed by atoms with Crippen LogP contribution in [0.5, 0.6) is 0 Å². The molecular weight excluding hydrogens is 362 g/mol. The topological polar surface area (TPSA) is 61.4 Å². The number of hydrogen-bond donors (Lipinski definition) is 2. The molecule has 27 heavy (non-hydrogen) atoms. The minimum atomic E-state index is -0.243. The first kappa shape index (κ1) is 21.7. The van der Waals surface area contributed by atoms with Crippen molar-refractivity contribution in [2.24, 2.45) is 5.92 Å². The molecule has 0 aromatic heterocycles. The Bertz CT molecular complexity index is 635. The van der Waals surface area contributed by atoms with Gasteiger partial charge in [-0.1, -0.05) is 25.5 Å². The predicted octanol–water partition coefficient (Wildman–Crippen LogP) is 3.06. The molecule has 2 amide bonds. The highest BCUT2D eigenvalue weighted by atomic mass is 35.5. The maximum atomic E-state index is 12.6. The average Bonchev–Trinajstić information content (AvgIpc) is 3.02. The van der Waals surface area contributed by atoms with Gasteiger partial charge in [0.15, 0.2) is 0 Å². The lowest BCUT2D eigenvalue weighted by molar-refractivity contribution is -0.127. The summed E-state index contributed by atoms with van der Waals surface area (Å²) in [6.07, 6.45) is 5.65. The Hall–Kier alpha value is -1.59. The number of halogens is 1. The molecule has 2 saturated heterocycles. The zero-order chi connectivity index (χ0) is 18.5. The van der Waals surface area contributed by atoms with Gasteiger partial charge in [-0.2, -0.15) is 0 Å². The fraction of sp³-hybridized carbons (Fsp3) is 0.619. The number of amides is 2. The fourth-order valence-electron chi connectivity index (χ4n) is 3.94. The van der Waals surface area contributed by atoms with E-state index in [-0.39, 0.29) is 36.2 Å². The van der Waals surface area contributed by atoms with Crippen LogP contribution in [0.15, 0.2) is 24.3 Å². The smallest absolute Gasteiger partial charge is 0.227 e. The lowest BCUT2D eigenvalue weighted by Gasteiger charge is -2.29. The molecule has 3 rings (SSSR count). The third-order valence-electron chi connectivity index (χ3n) is 5.53. The molecule has 2 aliphatic rings. The molecule has 5 nitrogen and oxygen atoms in total. The molecule has 0 saturated carbocycles. The molecule has 1 aromatic rings. The van der Waals surface area contributed by atoms with Gasteiger partial charge in [0.1, 0.15) is 0 Å². The van der Waals surface area contributed by atoms with Gasteiger partial charge in [-0.3, -0.25) is 9.59 Å². The number of unbranched alkanes of at least 4 members (excludes halogenated alkanes) is 1. The van der Waals surface area contributed by atoms with Gasteiger partial charge in [-0.25, -0.2) is 0 Å². The van der Waals surface area contributed by atoms with E-state index in [4.69, 9.17) is 0 Å². The summed E-state index contributed by atoms with van der Waals surface area (Å²) >= 11 is 0. The van der Waals surface area contributed by atoms with Crippen LogP contribution in [-0.4, -0.2) is 37.0 Å². The Balaban J connectivity index is 0.00000261. The lowest BCUT2D eigenvalue weighted by atomic mass is 9.99. The van der Waals surface area contributed by atoms with Crippen LogP contribution in [-0.2, 0) is 16.0 Å². The third kappa shape index (κ3) is 5.69. The van der Waals surface area contributed by atoms with Gasteiger partial charge in [0, 0.05) is 30.7 Å². The van der Waals surface area contributed by atoms with Crippen molar-refractivity contribution in [1.29, 1.82) is 0 Å². The molecule has 0 radical (unpaired) electrons. The number of benzene rings is 1. The summed E-state index contributed by atoms with van der Waals surface area (Å²) in [5, 5.41) is 6.55. The summed E-state index contributed by atoms with van der Waals surface area (Å²) in [5.41, 5.74) is 2.21. The van der Waals surface area contributed by atoms with Crippen molar-refractivity contribution < 1.29 is 9.59 Å². The summed E-state index contributed by atoms with van der Waals surface area (Å²) in [4.78, 5) is 26.8. The van der Waals surface area contributed by atoms with E-state index in [0.717, 1.165) is 31.5 Å². The SMILES string of the molecule is CCCCc1ccc(N2CC(C(=O)NC3CCNC(C)C3)CC2=O)cc1.Cl. The molecule has 2 aliphatic heterocycles. The number of carbonyl (C=O) groups excluding carboxylic acids is 2. The van der Waals surface area contributed by atoms with E-state index in [0.29, 0.717) is 19.0 Å².